The van der Waals surface area contributed by atoms with E-state index in [0.29, 0.717) is 24.9 Å². The van der Waals surface area contributed by atoms with E-state index in [1.165, 1.54) is 20.5 Å². The molecule has 1 aliphatic carbocycles. The summed E-state index contributed by atoms with van der Waals surface area (Å²) in [4.78, 5) is 77.5. The van der Waals surface area contributed by atoms with Crippen molar-refractivity contribution in [2.45, 2.75) is 50.7 Å². The number of amides is 5. The normalized spacial score (nSPS) is 16.1. The number of rotatable bonds is 13. The number of nitrogens with one attached hydrogen (secondary N) is 2. The number of carbonyl (C=O) groups is 6. The summed E-state index contributed by atoms with van der Waals surface area (Å²) in [6.45, 7) is 2.36. The molecule has 45 heavy (non-hydrogen) atoms. The van der Waals surface area contributed by atoms with Gasteiger partial charge in [-0.25, -0.2) is 9.48 Å². The van der Waals surface area contributed by atoms with Gasteiger partial charge in [-0.1, -0.05) is 18.2 Å². The van der Waals surface area contributed by atoms with Crippen molar-refractivity contribution in [3.8, 4) is 11.6 Å². The lowest BCUT2D eigenvalue weighted by Gasteiger charge is -2.39. The van der Waals surface area contributed by atoms with Crippen LogP contribution in [0.2, 0.25) is 0 Å². The van der Waals surface area contributed by atoms with E-state index in [-0.39, 0.29) is 63.7 Å². The summed E-state index contributed by atoms with van der Waals surface area (Å²) in [5, 5.41) is 18.8. The van der Waals surface area contributed by atoms with Crippen molar-refractivity contribution < 1.29 is 43.3 Å². The lowest BCUT2D eigenvalue weighted by molar-refractivity contribution is -0.145. The van der Waals surface area contributed by atoms with Gasteiger partial charge in [-0.15, -0.1) is 0 Å². The van der Waals surface area contributed by atoms with Crippen molar-refractivity contribution in [1.29, 1.82) is 0 Å². The van der Waals surface area contributed by atoms with Crippen LogP contribution in [0.3, 0.4) is 0 Å². The first-order valence-corrected chi connectivity index (χ1v) is 14.7. The minimum absolute atomic E-state index is 0.0729. The molecule has 1 aromatic heterocycles. The largest absolute Gasteiger partial charge is 0.481 e. The number of para-hydroxylation sites is 1. The summed E-state index contributed by atoms with van der Waals surface area (Å²) in [5.74, 6) is -3.56. The van der Waals surface area contributed by atoms with E-state index in [2.05, 4.69) is 15.7 Å². The lowest BCUT2D eigenvalue weighted by Crippen LogP contribution is -2.57. The van der Waals surface area contributed by atoms with E-state index in [1.54, 1.807) is 37.3 Å². The second-order valence-corrected chi connectivity index (χ2v) is 10.7. The molecule has 2 heterocycles. The Hall–Kier alpha value is -5.15. The molecule has 0 unspecified atom stereocenters. The molecular weight excluding hydrogens is 590 g/mol. The minimum Gasteiger partial charge on any atom is -0.481 e. The molecule has 1 aromatic carbocycles. The molecule has 2 aliphatic rings. The third-order valence-corrected chi connectivity index (χ3v) is 7.58. The van der Waals surface area contributed by atoms with Crippen LogP contribution in [-0.2, 0) is 23.9 Å². The molecule has 1 atom stereocenters. The van der Waals surface area contributed by atoms with Crippen molar-refractivity contribution in [2.24, 2.45) is 5.73 Å². The van der Waals surface area contributed by atoms with Gasteiger partial charge < -0.3 is 40.7 Å². The molecule has 0 spiro atoms. The van der Waals surface area contributed by atoms with Crippen LogP contribution in [0.15, 0.2) is 36.4 Å². The average Bonchev–Trinajstić information content (AvgIpc) is 3.44. The number of primary amides is 1. The van der Waals surface area contributed by atoms with Gasteiger partial charge in [0.25, 0.3) is 11.8 Å². The highest BCUT2D eigenvalue weighted by Crippen LogP contribution is 2.38. The maximum absolute atomic E-state index is 13.5. The fourth-order valence-electron chi connectivity index (χ4n) is 5.01. The molecule has 2 aromatic rings. The molecule has 4 rings (SSSR count). The molecule has 0 bridgehead atoms. The highest BCUT2D eigenvalue weighted by atomic mass is 16.6. The summed E-state index contributed by atoms with van der Waals surface area (Å²) >= 11 is 0. The van der Waals surface area contributed by atoms with Gasteiger partial charge in [0.1, 0.15) is 6.04 Å². The second-order valence-electron chi connectivity index (χ2n) is 10.7. The zero-order valence-corrected chi connectivity index (χ0v) is 24.9. The Bertz CT molecular complexity index is 1420. The van der Waals surface area contributed by atoms with Gasteiger partial charge in [0.15, 0.2) is 11.3 Å². The molecule has 1 aliphatic heterocycles. The van der Waals surface area contributed by atoms with Crippen LogP contribution < -0.4 is 21.1 Å². The Morgan fingerprint density at radius 3 is 2.29 bits per heavy atom. The minimum atomic E-state index is -1.30. The highest BCUT2D eigenvalue weighted by Gasteiger charge is 2.47. The predicted octanol–water partition coefficient (Wildman–Crippen LogP) is 0.0392. The molecular formula is C29H37N7O9. The van der Waals surface area contributed by atoms with Crippen molar-refractivity contribution in [1.82, 2.24) is 30.2 Å². The molecule has 0 radical (unpaired) electrons. The summed E-state index contributed by atoms with van der Waals surface area (Å²) in [7, 11) is 0. The number of hydrogen-bond acceptors (Lipinski definition) is 9. The second kappa shape index (κ2) is 14.5. The third kappa shape index (κ3) is 8.07. The number of benzene rings is 1. The van der Waals surface area contributed by atoms with Crippen molar-refractivity contribution >= 4 is 35.7 Å². The number of carboxylic acid groups (broad SMARTS) is 1. The van der Waals surface area contributed by atoms with Crippen molar-refractivity contribution in [3.05, 3.63) is 42.1 Å². The first-order chi connectivity index (χ1) is 21.5. The van der Waals surface area contributed by atoms with Crippen molar-refractivity contribution in [3.63, 3.8) is 0 Å². The molecule has 16 nitrogen and oxygen atoms in total. The molecule has 1 saturated heterocycles. The maximum atomic E-state index is 13.5. The Labute approximate surface area is 258 Å². The predicted molar refractivity (Wildman–Crippen MR) is 156 cm³/mol. The zero-order chi connectivity index (χ0) is 32.6. The number of ether oxygens (including phenoxy) is 2. The Morgan fingerprint density at radius 2 is 1.71 bits per heavy atom. The van der Waals surface area contributed by atoms with Gasteiger partial charge in [-0.2, -0.15) is 5.10 Å². The van der Waals surface area contributed by atoms with E-state index in [1.807, 2.05) is 0 Å². The maximum Gasteiger partial charge on any atom is 0.409 e. The van der Waals surface area contributed by atoms with E-state index < -0.39 is 47.3 Å². The van der Waals surface area contributed by atoms with E-state index in [9.17, 15) is 33.9 Å². The summed E-state index contributed by atoms with van der Waals surface area (Å²) in [6.07, 6.45) is 0.362. The molecule has 242 valence electrons. The zero-order valence-electron chi connectivity index (χ0n) is 24.9. The van der Waals surface area contributed by atoms with Gasteiger partial charge in [0.05, 0.1) is 18.8 Å². The fraction of sp³-hybridized carbons (Fsp3) is 0.483. The van der Waals surface area contributed by atoms with E-state index in [0.717, 1.165) is 0 Å². The number of aliphatic carboxylic acids is 1. The molecule has 5 N–H and O–H groups in total. The average molecular weight is 628 g/mol. The fourth-order valence-corrected chi connectivity index (χ4v) is 5.01. The van der Waals surface area contributed by atoms with E-state index >= 15 is 0 Å². The van der Waals surface area contributed by atoms with Gasteiger partial charge in [-0.05, 0) is 44.7 Å². The molecule has 2 fully saturated rings. The van der Waals surface area contributed by atoms with Gasteiger partial charge in [0.2, 0.25) is 17.7 Å². The van der Waals surface area contributed by atoms with Gasteiger partial charge in [-0.3, -0.25) is 24.0 Å². The Kier molecular flexibility index (Phi) is 10.6. The first kappa shape index (κ1) is 32.8. The number of carboxylic acids is 1. The highest BCUT2D eigenvalue weighted by molar-refractivity contribution is 5.97. The van der Waals surface area contributed by atoms with Crippen LogP contribution in [-0.4, -0.2) is 111 Å². The summed E-state index contributed by atoms with van der Waals surface area (Å²) in [5.41, 5.74) is 4.26. The smallest absolute Gasteiger partial charge is 0.409 e. The van der Waals surface area contributed by atoms with Crippen molar-refractivity contribution in [2.75, 3.05) is 39.3 Å². The molecule has 5 amide bonds. The molecule has 16 heteroatoms. The van der Waals surface area contributed by atoms with E-state index in [4.69, 9.17) is 15.2 Å². The lowest BCUT2D eigenvalue weighted by atomic mass is 9.79. The monoisotopic (exact) mass is 627 g/mol. The number of piperazine rings is 1. The van der Waals surface area contributed by atoms with Crippen LogP contribution in [0.4, 0.5) is 4.79 Å². The number of nitrogens with zero attached hydrogens (tertiary/aromatic N) is 4. The first-order valence-electron chi connectivity index (χ1n) is 14.7. The number of carbonyl (C=O) groups excluding carboxylic acids is 5. The quantitative estimate of drug-likeness (QED) is 0.234. The summed E-state index contributed by atoms with van der Waals surface area (Å²) in [6, 6.07) is 8.88. The SMILES string of the molecule is CCOC(=O)N1CCN(C(=O)[C@H](CCC(=O)O)NC(=O)c2cc(OC3(C(=O)NCC(N)=O)CCC3)n(-c3ccccc3)n2)CC1. The molecule has 1 saturated carbocycles. The Balaban J connectivity index is 1.54. The van der Waals surface area contributed by atoms with Crippen LogP contribution in [0.25, 0.3) is 5.69 Å². The standard InChI is InChI=1S/C29H37N7O9/c1-2-44-28(43)35-15-13-34(14-16-35)26(41)20(9-10-24(38)39)32-25(40)21-17-23(36(33-21)19-7-4-3-5-8-19)45-29(11-6-12-29)27(42)31-18-22(30)37/h3-5,7-8,17,20H,2,6,9-16,18H2,1H3,(H2,30,37)(H,31,42)(H,32,40)(H,38,39)/t20-/m0/s1. The van der Waals surface area contributed by atoms with Crippen LogP contribution in [0, 0.1) is 0 Å². The van der Waals surface area contributed by atoms with Crippen LogP contribution >= 0.6 is 0 Å². The van der Waals surface area contributed by atoms with Gasteiger partial charge in [0, 0.05) is 38.7 Å². The topological polar surface area (TPSA) is 215 Å². The van der Waals surface area contributed by atoms with Crippen LogP contribution in [0.5, 0.6) is 5.88 Å². The van der Waals surface area contributed by atoms with Crippen LogP contribution in [0.1, 0.15) is 49.5 Å². The third-order valence-electron chi connectivity index (χ3n) is 7.58. The Morgan fingerprint density at radius 1 is 1.04 bits per heavy atom. The number of hydrogen-bond donors (Lipinski definition) is 4. The number of nitrogens with two attached hydrogens (primary N) is 1. The number of aromatic nitrogens is 2. The van der Waals surface area contributed by atoms with Gasteiger partial charge >= 0.3 is 12.1 Å². The summed E-state index contributed by atoms with van der Waals surface area (Å²) < 4.78 is 12.5.